The van der Waals surface area contributed by atoms with Crippen molar-refractivity contribution in [2.45, 2.75) is 13.5 Å². The number of aromatic amines is 1. The number of halogens is 1. The van der Waals surface area contributed by atoms with Crippen molar-refractivity contribution in [3.63, 3.8) is 0 Å². The Morgan fingerprint density at radius 1 is 1.47 bits per heavy atom. The molecule has 1 rings (SSSR count). The third-order valence-electron chi connectivity index (χ3n) is 2.02. The minimum absolute atomic E-state index is 0.180. The third-order valence-corrected chi connectivity index (χ3v) is 2.02. The minimum Gasteiger partial charge on any atom is -0.465 e. The van der Waals surface area contributed by atoms with Gasteiger partial charge in [0.25, 0.3) is 5.56 Å². The number of nitrogens with one attached hydrogen (secondary N) is 2. The lowest BCUT2D eigenvalue weighted by Gasteiger charge is -2.06. The summed E-state index contributed by atoms with van der Waals surface area (Å²) in [6, 6.07) is 0. The van der Waals surface area contributed by atoms with E-state index < -0.39 is 35.5 Å². The first-order valence-electron chi connectivity index (χ1n) is 5.35. The van der Waals surface area contributed by atoms with Crippen LogP contribution in [0.3, 0.4) is 0 Å². The SMILES string of the molecule is CCOC(=O)CNC(=O)Cn1cc(F)c(=O)[nH]c1=O. The highest BCUT2D eigenvalue weighted by molar-refractivity contribution is 5.81. The molecule has 1 heterocycles. The molecule has 0 unspecified atom stereocenters. The molecule has 9 heteroatoms. The molecule has 19 heavy (non-hydrogen) atoms. The Balaban J connectivity index is 2.63. The molecule has 0 saturated heterocycles. The van der Waals surface area contributed by atoms with Crippen LogP contribution in [0.15, 0.2) is 15.8 Å². The molecule has 1 amide bonds. The van der Waals surface area contributed by atoms with Crippen LogP contribution in [0.2, 0.25) is 0 Å². The lowest BCUT2D eigenvalue weighted by molar-refractivity contribution is -0.143. The van der Waals surface area contributed by atoms with E-state index in [1.54, 1.807) is 11.9 Å². The van der Waals surface area contributed by atoms with Crippen molar-refractivity contribution < 1.29 is 18.7 Å². The van der Waals surface area contributed by atoms with Gasteiger partial charge in [-0.1, -0.05) is 0 Å². The fraction of sp³-hybridized carbons (Fsp3) is 0.400. The molecule has 8 nitrogen and oxygen atoms in total. The van der Waals surface area contributed by atoms with Crippen LogP contribution in [0.4, 0.5) is 4.39 Å². The Morgan fingerprint density at radius 2 is 2.16 bits per heavy atom. The van der Waals surface area contributed by atoms with Gasteiger partial charge in [-0.15, -0.1) is 0 Å². The molecule has 0 atom stereocenters. The summed E-state index contributed by atoms with van der Waals surface area (Å²) < 4.78 is 18.2. The zero-order valence-corrected chi connectivity index (χ0v) is 10.1. The smallest absolute Gasteiger partial charge is 0.328 e. The van der Waals surface area contributed by atoms with Gasteiger partial charge in [-0.3, -0.25) is 23.9 Å². The molecular weight excluding hydrogens is 261 g/mol. The number of hydrogen-bond donors (Lipinski definition) is 2. The molecule has 0 aliphatic heterocycles. The van der Waals surface area contributed by atoms with Crippen molar-refractivity contribution in [1.29, 1.82) is 0 Å². The topological polar surface area (TPSA) is 110 Å². The maximum atomic E-state index is 12.9. The number of ether oxygens (including phenoxy) is 1. The quantitative estimate of drug-likeness (QED) is 0.625. The molecule has 0 saturated carbocycles. The number of amides is 1. The van der Waals surface area contributed by atoms with E-state index in [2.05, 4.69) is 10.1 Å². The number of rotatable bonds is 5. The summed E-state index contributed by atoms with van der Waals surface area (Å²) in [5, 5.41) is 2.19. The summed E-state index contributed by atoms with van der Waals surface area (Å²) in [4.78, 5) is 46.0. The Hall–Kier alpha value is -2.45. The summed E-state index contributed by atoms with van der Waals surface area (Å²) in [5.74, 6) is -2.50. The Labute approximate surface area is 106 Å². The summed E-state index contributed by atoms with van der Waals surface area (Å²) in [7, 11) is 0. The number of nitrogens with zero attached hydrogens (tertiary/aromatic N) is 1. The average molecular weight is 273 g/mol. The molecule has 1 aromatic heterocycles. The van der Waals surface area contributed by atoms with Crippen LogP contribution in [-0.4, -0.2) is 34.6 Å². The van der Waals surface area contributed by atoms with E-state index in [1.165, 1.54) is 0 Å². The van der Waals surface area contributed by atoms with Crippen LogP contribution in [0.1, 0.15) is 6.92 Å². The Bertz CT molecular complexity index is 592. The standard InChI is InChI=1S/C10H12FN3O5/c1-2-19-8(16)3-12-7(15)5-14-4-6(11)9(17)13-10(14)18/h4H,2-3,5H2,1H3,(H,12,15)(H,13,17,18). The minimum atomic E-state index is -1.18. The van der Waals surface area contributed by atoms with E-state index in [0.717, 1.165) is 0 Å². The second kappa shape index (κ2) is 6.47. The first-order chi connectivity index (χ1) is 8.93. The van der Waals surface area contributed by atoms with Crippen molar-refractivity contribution in [2.75, 3.05) is 13.2 Å². The molecule has 2 N–H and O–H groups in total. The molecule has 0 aliphatic carbocycles. The predicted octanol–water partition coefficient (Wildman–Crippen LogP) is -1.64. The molecule has 0 bridgehead atoms. The van der Waals surface area contributed by atoms with Gasteiger partial charge in [-0.2, -0.15) is 4.39 Å². The molecular formula is C10H12FN3O5. The maximum Gasteiger partial charge on any atom is 0.328 e. The fourth-order valence-electron chi connectivity index (χ4n) is 1.19. The lowest BCUT2D eigenvalue weighted by Crippen LogP contribution is -2.38. The Kier molecular flexibility index (Phi) is 4.98. The second-order valence-corrected chi connectivity index (χ2v) is 3.45. The first-order valence-corrected chi connectivity index (χ1v) is 5.35. The van der Waals surface area contributed by atoms with Crippen LogP contribution < -0.4 is 16.6 Å². The van der Waals surface area contributed by atoms with Gasteiger partial charge in [0.2, 0.25) is 11.7 Å². The number of carbonyl (C=O) groups is 2. The van der Waals surface area contributed by atoms with E-state index in [1.807, 2.05) is 0 Å². The van der Waals surface area contributed by atoms with Gasteiger partial charge in [0.05, 0.1) is 12.8 Å². The first kappa shape index (κ1) is 14.6. The fourth-order valence-corrected chi connectivity index (χ4v) is 1.19. The van der Waals surface area contributed by atoms with Gasteiger partial charge in [0.15, 0.2) is 0 Å². The Morgan fingerprint density at radius 3 is 2.79 bits per heavy atom. The van der Waals surface area contributed by atoms with Gasteiger partial charge in [-0.05, 0) is 6.92 Å². The second-order valence-electron chi connectivity index (χ2n) is 3.45. The highest BCUT2D eigenvalue weighted by Gasteiger charge is 2.09. The predicted molar refractivity (Wildman–Crippen MR) is 60.9 cm³/mol. The van der Waals surface area contributed by atoms with E-state index in [0.29, 0.717) is 10.8 Å². The summed E-state index contributed by atoms with van der Waals surface area (Å²) >= 11 is 0. The van der Waals surface area contributed by atoms with Crippen LogP contribution in [0.25, 0.3) is 0 Å². The van der Waals surface area contributed by atoms with Gasteiger partial charge >= 0.3 is 11.7 Å². The summed E-state index contributed by atoms with van der Waals surface area (Å²) in [6.45, 7) is 0.918. The number of carbonyl (C=O) groups excluding carboxylic acids is 2. The van der Waals surface area contributed by atoms with Crippen LogP contribution >= 0.6 is 0 Å². The number of hydrogen-bond acceptors (Lipinski definition) is 5. The largest absolute Gasteiger partial charge is 0.465 e. The highest BCUT2D eigenvalue weighted by Crippen LogP contribution is 1.85. The number of H-pyrrole nitrogens is 1. The maximum absolute atomic E-state index is 12.9. The van der Waals surface area contributed by atoms with Gasteiger partial charge in [-0.25, -0.2) is 4.79 Å². The third kappa shape index (κ3) is 4.37. The van der Waals surface area contributed by atoms with Gasteiger partial charge < -0.3 is 10.1 Å². The molecule has 1 aromatic rings. The normalized spacial score (nSPS) is 10.0. The van der Waals surface area contributed by atoms with Gasteiger partial charge in [0, 0.05) is 0 Å². The highest BCUT2D eigenvalue weighted by atomic mass is 19.1. The number of esters is 1. The van der Waals surface area contributed by atoms with Crippen molar-refractivity contribution in [2.24, 2.45) is 0 Å². The van der Waals surface area contributed by atoms with E-state index in [9.17, 15) is 23.6 Å². The molecule has 0 fully saturated rings. The van der Waals surface area contributed by atoms with E-state index >= 15 is 0 Å². The number of aromatic nitrogens is 2. The molecule has 0 aliphatic rings. The van der Waals surface area contributed by atoms with Crippen molar-refractivity contribution >= 4 is 11.9 Å². The molecule has 0 spiro atoms. The van der Waals surface area contributed by atoms with Crippen molar-refractivity contribution in [3.05, 3.63) is 32.9 Å². The molecule has 0 radical (unpaired) electrons. The van der Waals surface area contributed by atoms with Crippen molar-refractivity contribution in [1.82, 2.24) is 14.9 Å². The monoisotopic (exact) mass is 273 g/mol. The summed E-state index contributed by atoms with van der Waals surface area (Å²) in [5.41, 5.74) is -2.08. The zero-order valence-electron chi connectivity index (χ0n) is 10.1. The van der Waals surface area contributed by atoms with E-state index in [-0.39, 0.29) is 13.2 Å². The summed E-state index contributed by atoms with van der Waals surface area (Å²) in [6.07, 6.45) is 0.616. The van der Waals surface area contributed by atoms with Crippen LogP contribution in [0, 0.1) is 5.82 Å². The molecule has 0 aromatic carbocycles. The van der Waals surface area contributed by atoms with Crippen LogP contribution in [-0.2, 0) is 20.9 Å². The van der Waals surface area contributed by atoms with E-state index in [4.69, 9.17) is 0 Å². The van der Waals surface area contributed by atoms with Crippen LogP contribution in [0.5, 0.6) is 0 Å². The lowest BCUT2D eigenvalue weighted by atomic mass is 10.5. The molecule has 104 valence electrons. The zero-order chi connectivity index (χ0) is 14.4. The van der Waals surface area contributed by atoms with Crippen molar-refractivity contribution in [3.8, 4) is 0 Å². The average Bonchev–Trinajstić information content (AvgIpc) is 2.34. The van der Waals surface area contributed by atoms with Gasteiger partial charge in [0.1, 0.15) is 13.1 Å².